The second-order valence-corrected chi connectivity index (χ2v) is 5.40. The molecule has 0 aliphatic carbocycles. The highest BCUT2D eigenvalue weighted by molar-refractivity contribution is 6.43. The highest BCUT2D eigenvalue weighted by atomic mass is 35.5. The van der Waals surface area contributed by atoms with E-state index >= 15 is 0 Å². The third kappa shape index (κ3) is 2.67. The fraction of sp³-hybridized carbons (Fsp3) is 0.417. The molecule has 0 aromatic carbocycles. The summed E-state index contributed by atoms with van der Waals surface area (Å²) in [6.07, 6.45) is 1.42. The molecule has 0 unspecified atom stereocenters. The quantitative estimate of drug-likeness (QED) is 0.843. The van der Waals surface area contributed by atoms with Crippen LogP contribution in [0.4, 0.5) is 0 Å². The van der Waals surface area contributed by atoms with Gasteiger partial charge < -0.3 is 10.6 Å². The van der Waals surface area contributed by atoms with Gasteiger partial charge in [0.2, 0.25) is 5.91 Å². The lowest BCUT2D eigenvalue weighted by atomic mass is 9.98. The first-order valence-electron chi connectivity index (χ1n) is 5.80. The summed E-state index contributed by atoms with van der Waals surface area (Å²) >= 11 is 11.8. The number of primary amides is 1. The zero-order valence-corrected chi connectivity index (χ0v) is 11.8. The van der Waals surface area contributed by atoms with Gasteiger partial charge in [0.1, 0.15) is 5.15 Å². The van der Waals surface area contributed by atoms with E-state index in [4.69, 9.17) is 28.9 Å². The van der Waals surface area contributed by atoms with Crippen molar-refractivity contribution < 1.29 is 9.59 Å². The lowest BCUT2D eigenvalue weighted by Gasteiger charge is -2.16. The summed E-state index contributed by atoms with van der Waals surface area (Å²) in [6, 6.07) is 1.51. The molecular weight excluding hydrogens is 289 g/mol. The number of hydrogen-bond donors (Lipinski definition) is 1. The van der Waals surface area contributed by atoms with Crippen LogP contribution in [0.3, 0.4) is 0 Å². The zero-order chi connectivity index (χ0) is 14.2. The van der Waals surface area contributed by atoms with Crippen LogP contribution >= 0.6 is 23.2 Å². The minimum absolute atomic E-state index is 0.0394. The maximum absolute atomic E-state index is 12.3. The molecule has 1 aliphatic heterocycles. The Morgan fingerprint density at radius 2 is 2.11 bits per heavy atom. The first-order chi connectivity index (χ1) is 8.91. The summed E-state index contributed by atoms with van der Waals surface area (Å²) in [5.74, 6) is -0.927. The molecule has 102 valence electrons. The molecule has 19 heavy (non-hydrogen) atoms. The molecule has 5 nitrogen and oxygen atoms in total. The summed E-state index contributed by atoms with van der Waals surface area (Å²) in [5.41, 5.74) is 5.60. The van der Waals surface area contributed by atoms with Gasteiger partial charge in [0.15, 0.2) is 0 Å². The van der Waals surface area contributed by atoms with E-state index in [1.165, 1.54) is 12.3 Å². The molecule has 1 fully saturated rings. The summed E-state index contributed by atoms with van der Waals surface area (Å²) in [5, 5.41) is 0.218. The lowest BCUT2D eigenvalue weighted by molar-refractivity contribution is -0.122. The Bertz CT molecular complexity index is 536. The standard InChI is InChI=1S/C12H13Cl2N3O2/c1-6-4-17(5-8(6)11(15)18)12(19)7-2-3-16-10(14)9(7)13/h2-3,6,8H,4-5H2,1H3,(H2,15,18)/t6-,8-/m1/s1. The molecule has 1 aromatic heterocycles. The number of amides is 2. The van der Waals surface area contributed by atoms with Crippen molar-refractivity contribution in [3.63, 3.8) is 0 Å². The minimum Gasteiger partial charge on any atom is -0.369 e. The number of pyridine rings is 1. The van der Waals surface area contributed by atoms with Gasteiger partial charge >= 0.3 is 0 Å². The van der Waals surface area contributed by atoms with Crippen molar-refractivity contribution in [2.24, 2.45) is 17.6 Å². The normalized spacial score (nSPS) is 22.6. The van der Waals surface area contributed by atoms with Crippen LogP contribution in [0.1, 0.15) is 17.3 Å². The van der Waals surface area contributed by atoms with Gasteiger partial charge in [0.25, 0.3) is 5.91 Å². The summed E-state index contributed by atoms with van der Waals surface area (Å²) in [6.45, 7) is 2.68. The molecule has 7 heteroatoms. The molecular formula is C12H13Cl2N3O2. The van der Waals surface area contributed by atoms with Crippen molar-refractivity contribution >= 4 is 35.0 Å². The van der Waals surface area contributed by atoms with Gasteiger partial charge in [-0.3, -0.25) is 9.59 Å². The molecule has 1 aromatic rings. The van der Waals surface area contributed by atoms with Crippen LogP contribution in [0.2, 0.25) is 10.2 Å². The maximum atomic E-state index is 12.3. The molecule has 0 saturated carbocycles. The molecule has 2 amide bonds. The van der Waals surface area contributed by atoms with Crippen LogP contribution in [0.15, 0.2) is 12.3 Å². The van der Waals surface area contributed by atoms with Crippen LogP contribution < -0.4 is 5.73 Å². The van der Waals surface area contributed by atoms with Crippen molar-refractivity contribution in [2.75, 3.05) is 13.1 Å². The molecule has 1 saturated heterocycles. The number of aromatic nitrogens is 1. The molecule has 0 spiro atoms. The summed E-state index contributed by atoms with van der Waals surface area (Å²) in [4.78, 5) is 29.0. The molecule has 2 rings (SSSR count). The molecule has 1 aliphatic rings. The molecule has 2 N–H and O–H groups in total. The Morgan fingerprint density at radius 3 is 2.68 bits per heavy atom. The third-order valence-corrected chi connectivity index (χ3v) is 4.11. The summed E-state index contributed by atoms with van der Waals surface area (Å²) in [7, 11) is 0. The van der Waals surface area contributed by atoms with E-state index in [0.717, 1.165) is 0 Å². The molecule has 0 radical (unpaired) electrons. The van der Waals surface area contributed by atoms with E-state index < -0.39 is 0 Å². The first-order valence-corrected chi connectivity index (χ1v) is 6.56. The number of nitrogens with zero attached hydrogens (tertiary/aromatic N) is 2. The van der Waals surface area contributed by atoms with Gasteiger partial charge in [-0.05, 0) is 12.0 Å². The highest BCUT2D eigenvalue weighted by Crippen LogP contribution is 2.28. The number of rotatable bonds is 2. The van der Waals surface area contributed by atoms with Crippen molar-refractivity contribution in [1.29, 1.82) is 0 Å². The fourth-order valence-electron chi connectivity index (χ4n) is 2.26. The third-order valence-electron chi connectivity index (χ3n) is 3.34. The number of likely N-dealkylation sites (tertiary alicyclic amines) is 1. The van der Waals surface area contributed by atoms with Crippen LogP contribution in [-0.4, -0.2) is 34.8 Å². The lowest BCUT2D eigenvalue weighted by Crippen LogP contribution is -2.32. The van der Waals surface area contributed by atoms with Gasteiger partial charge in [-0.25, -0.2) is 4.98 Å². The SMILES string of the molecule is C[C@@H]1CN(C(=O)c2ccnc(Cl)c2Cl)C[C@H]1C(N)=O. The van der Waals surface area contributed by atoms with Gasteiger partial charge in [-0.1, -0.05) is 30.1 Å². The highest BCUT2D eigenvalue weighted by Gasteiger charge is 2.36. The number of hydrogen-bond acceptors (Lipinski definition) is 3. The predicted molar refractivity (Wildman–Crippen MR) is 72.0 cm³/mol. The van der Waals surface area contributed by atoms with Gasteiger partial charge in [-0.15, -0.1) is 0 Å². The Kier molecular flexibility index (Phi) is 3.96. The molecule has 2 atom stereocenters. The van der Waals surface area contributed by atoms with E-state index in [1.54, 1.807) is 4.90 Å². The second kappa shape index (κ2) is 5.35. The number of halogens is 2. The monoisotopic (exact) mass is 301 g/mol. The van der Waals surface area contributed by atoms with Crippen LogP contribution in [-0.2, 0) is 4.79 Å². The number of carbonyl (C=O) groups is 2. The topological polar surface area (TPSA) is 76.3 Å². The van der Waals surface area contributed by atoms with Crippen molar-refractivity contribution in [2.45, 2.75) is 6.92 Å². The first kappa shape index (κ1) is 14.1. The Labute approximate surface area is 120 Å². The predicted octanol–water partition coefficient (Wildman–Crippen LogP) is 1.58. The fourth-order valence-corrected chi connectivity index (χ4v) is 2.61. The van der Waals surface area contributed by atoms with Gasteiger partial charge in [-0.2, -0.15) is 0 Å². The smallest absolute Gasteiger partial charge is 0.255 e. The molecule has 0 bridgehead atoms. The van der Waals surface area contributed by atoms with Gasteiger partial charge in [0.05, 0.1) is 16.5 Å². The van der Waals surface area contributed by atoms with E-state index in [-0.39, 0.29) is 33.8 Å². The average Bonchev–Trinajstić information content (AvgIpc) is 2.74. The average molecular weight is 302 g/mol. The Hall–Kier alpha value is -1.33. The largest absolute Gasteiger partial charge is 0.369 e. The van der Waals surface area contributed by atoms with Crippen molar-refractivity contribution in [3.8, 4) is 0 Å². The van der Waals surface area contributed by atoms with E-state index in [0.29, 0.717) is 18.7 Å². The van der Waals surface area contributed by atoms with E-state index in [2.05, 4.69) is 4.98 Å². The Morgan fingerprint density at radius 1 is 1.42 bits per heavy atom. The van der Waals surface area contributed by atoms with Crippen molar-refractivity contribution in [1.82, 2.24) is 9.88 Å². The van der Waals surface area contributed by atoms with Crippen LogP contribution in [0.25, 0.3) is 0 Å². The number of carbonyl (C=O) groups excluding carboxylic acids is 2. The van der Waals surface area contributed by atoms with E-state index in [1.807, 2.05) is 6.92 Å². The van der Waals surface area contributed by atoms with Gasteiger partial charge in [0, 0.05) is 19.3 Å². The number of nitrogens with two attached hydrogens (primary N) is 1. The Balaban J connectivity index is 2.22. The van der Waals surface area contributed by atoms with E-state index in [9.17, 15) is 9.59 Å². The minimum atomic E-state index is -0.387. The molecule has 2 heterocycles. The van der Waals surface area contributed by atoms with Crippen LogP contribution in [0, 0.1) is 11.8 Å². The van der Waals surface area contributed by atoms with Crippen molar-refractivity contribution in [3.05, 3.63) is 28.0 Å². The maximum Gasteiger partial charge on any atom is 0.255 e. The second-order valence-electron chi connectivity index (χ2n) is 4.66. The zero-order valence-electron chi connectivity index (χ0n) is 10.3. The van der Waals surface area contributed by atoms with Crippen LogP contribution in [0.5, 0.6) is 0 Å². The summed E-state index contributed by atoms with van der Waals surface area (Å²) < 4.78 is 0.